The van der Waals surface area contributed by atoms with Gasteiger partial charge < -0.3 is 14.8 Å². The van der Waals surface area contributed by atoms with Gasteiger partial charge in [-0.15, -0.1) is 0 Å². The van der Waals surface area contributed by atoms with Crippen LogP contribution in [0.15, 0.2) is 42.7 Å². The molecule has 0 aliphatic carbocycles. The Morgan fingerprint density at radius 2 is 2.12 bits per heavy atom. The third kappa shape index (κ3) is 2.99. The summed E-state index contributed by atoms with van der Waals surface area (Å²) in [5.74, 6) is 0.890. The number of nitrogens with one attached hydrogen (secondary N) is 1. The summed E-state index contributed by atoms with van der Waals surface area (Å²) in [6, 6.07) is 10.1. The zero-order valence-electron chi connectivity index (χ0n) is 13.4. The first-order valence-corrected chi connectivity index (χ1v) is 8.39. The molecule has 1 fully saturated rings. The summed E-state index contributed by atoms with van der Waals surface area (Å²) in [5, 5.41) is 2.96. The van der Waals surface area contributed by atoms with Crippen molar-refractivity contribution < 1.29 is 14.3 Å². The molecule has 2 aliphatic rings. The quantitative estimate of drug-likeness (QED) is 0.938. The summed E-state index contributed by atoms with van der Waals surface area (Å²) in [5.41, 5.74) is 3.34. The molecule has 1 N–H and O–H groups in total. The van der Waals surface area contributed by atoms with Gasteiger partial charge in [0.25, 0.3) is 0 Å². The second kappa shape index (κ2) is 6.61. The van der Waals surface area contributed by atoms with E-state index in [1.807, 2.05) is 18.2 Å². The first kappa shape index (κ1) is 15.1. The van der Waals surface area contributed by atoms with Gasteiger partial charge in [0.1, 0.15) is 18.0 Å². The Hall–Kier alpha value is -2.40. The summed E-state index contributed by atoms with van der Waals surface area (Å²) in [4.78, 5) is 16.1. The SMILES string of the molecule is O=C(NCC1Cc2cccc(-c3ccncc3)c2O1)C1CCCO1. The third-order valence-corrected chi connectivity index (χ3v) is 4.55. The summed E-state index contributed by atoms with van der Waals surface area (Å²) in [6.45, 7) is 1.18. The molecule has 2 aliphatic heterocycles. The average Bonchev–Trinajstić information content (AvgIpc) is 3.29. The van der Waals surface area contributed by atoms with Crippen LogP contribution in [0.5, 0.6) is 5.75 Å². The maximum absolute atomic E-state index is 12.1. The largest absolute Gasteiger partial charge is 0.487 e. The second-order valence-corrected chi connectivity index (χ2v) is 6.22. The van der Waals surface area contributed by atoms with Crippen LogP contribution in [0, 0.1) is 0 Å². The molecule has 2 aromatic rings. The van der Waals surface area contributed by atoms with Gasteiger partial charge in [0.2, 0.25) is 5.91 Å². The number of benzene rings is 1. The van der Waals surface area contributed by atoms with E-state index in [0.717, 1.165) is 36.1 Å². The fraction of sp³-hybridized carbons (Fsp3) is 0.368. The van der Waals surface area contributed by atoms with Crippen LogP contribution in [0.1, 0.15) is 18.4 Å². The van der Waals surface area contributed by atoms with E-state index < -0.39 is 0 Å². The molecule has 1 saturated heterocycles. The number of ether oxygens (including phenoxy) is 2. The number of pyridine rings is 1. The first-order chi connectivity index (χ1) is 11.8. The lowest BCUT2D eigenvalue weighted by Gasteiger charge is -2.15. The number of aromatic nitrogens is 1. The molecule has 24 heavy (non-hydrogen) atoms. The van der Waals surface area contributed by atoms with E-state index in [1.165, 1.54) is 5.56 Å². The number of rotatable bonds is 4. The number of amides is 1. The summed E-state index contributed by atoms with van der Waals surface area (Å²) >= 11 is 0. The van der Waals surface area contributed by atoms with Gasteiger partial charge in [0.15, 0.2) is 0 Å². The Balaban J connectivity index is 1.43. The summed E-state index contributed by atoms with van der Waals surface area (Å²) in [7, 11) is 0. The van der Waals surface area contributed by atoms with E-state index in [2.05, 4.69) is 22.4 Å². The fourth-order valence-corrected chi connectivity index (χ4v) is 3.32. The van der Waals surface area contributed by atoms with E-state index in [4.69, 9.17) is 9.47 Å². The number of fused-ring (bicyclic) bond motifs is 1. The molecule has 0 saturated carbocycles. The maximum atomic E-state index is 12.1. The minimum Gasteiger partial charge on any atom is -0.487 e. The van der Waals surface area contributed by atoms with Crippen LogP contribution >= 0.6 is 0 Å². The van der Waals surface area contributed by atoms with E-state index in [9.17, 15) is 4.79 Å². The number of carbonyl (C=O) groups is 1. The van der Waals surface area contributed by atoms with Crippen LogP contribution in [0.2, 0.25) is 0 Å². The van der Waals surface area contributed by atoms with Crippen LogP contribution in [-0.2, 0) is 16.0 Å². The second-order valence-electron chi connectivity index (χ2n) is 6.22. The van der Waals surface area contributed by atoms with Gasteiger partial charge in [-0.05, 0) is 36.1 Å². The minimum absolute atomic E-state index is 0.0265. The zero-order chi connectivity index (χ0) is 16.4. The van der Waals surface area contributed by atoms with Gasteiger partial charge in [-0.1, -0.05) is 18.2 Å². The highest BCUT2D eigenvalue weighted by Gasteiger charge is 2.28. The molecule has 3 heterocycles. The van der Waals surface area contributed by atoms with Crippen molar-refractivity contribution in [2.75, 3.05) is 13.2 Å². The minimum atomic E-state index is -0.291. The summed E-state index contributed by atoms with van der Waals surface area (Å²) in [6.07, 6.45) is 5.81. The molecule has 0 spiro atoms. The van der Waals surface area contributed by atoms with Crippen molar-refractivity contribution in [2.24, 2.45) is 0 Å². The van der Waals surface area contributed by atoms with Gasteiger partial charge >= 0.3 is 0 Å². The Morgan fingerprint density at radius 3 is 2.92 bits per heavy atom. The number of carbonyl (C=O) groups excluding carboxylic acids is 1. The molecule has 0 bridgehead atoms. The molecule has 5 heteroatoms. The Kier molecular flexibility index (Phi) is 4.17. The predicted molar refractivity (Wildman–Crippen MR) is 89.8 cm³/mol. The highest BCUT2D eigenvalue weighted by Crippen LogP contribution is 2.38. The van der Waals surface area contributed by atoms with Crippen molar-refractivity contribution in [1.29, 1.82) is 0 Å². The Labute approximate surface area is 141 Å². The topological polar surface area (TPSA) is 60.5 Å². The van der Waals surface area contributed by atoms with Crippen LogP contribution in [0.4, 0.5) is 0 Å². The van der Waals surface area contributed by atoms with Crippen LogP contribution in [0.25, 0.3) is 11.1 Å². The number of para-hydroxylation sites is 1. The van der Waals surface area contributed by atoms with Crippen LogP contribution in [0.3, 0.4) is 0 Å². The number of nitrogens with zero attached hydrogens (tertiary/aromatic N) is 1. The summed E-state index contributed by atoms with van der Waals surface area (Å²) < 4.78 is 11.5. The molecular formula is C19H20N2O3. The van der Waals surface area contributed by atoms with Crippen LogP contribution < -0.4 is 10.1 Å². The van der Waals surface area contributed by atoms with Crippen molar-refractivity contribution in [2.45, 2.75) is 31.5 Å². The Morgan fingerprint density at radius 1 is 1.25 bits per heavy atom. The highest BCUT2D eigenvalue weighted by atomic mass is 16.5. The monoisotopic (exact) mass is 324 g/mol. The van der Waals surface area contributed by atoms with E-state index in [-0.39, 0.29) is 18.1 Å². The molecule has 1 amide bonds. The highest BCUT2D eigenvalue weighted by molar-refractivity contribution is 5.81. The van der Waals surface area contributed by atoms with Crippen LogP contribution in [-0.4, -0.2) is 36.3 Å². The van der Waals surface area contributed by atoms with Gasteiger partial charge in [-0.3, -0.25) is 9.78 Å². The van der Waals surface area contributed by atoms with Crippen molar-refractivity contribution in [3.63, 3.8) is 0 Å². The molecule has 5 nitrogen and oxygen atoms in total. The standard InChI is InChI=1S/C19H20N2O3/c22-19(17-5-2-10-23-17)21-12-15-11-14-3-1-4-16(18(14)24-15)13-6-8-20-9-7-13/h1,3-4,6-9,15,17H,2,5,10-12H2,(H,21,22). The first-order valence-electron chi connectivity index (χ1n) is 8.39. The lowest BCUT2D eigenvalue weighted by molar-refractivity contribution is -0.130. The van der Waals surface area contributed by atoms with Crippen molar-refractivity contribution in [3.8, 4) is 16.9 Å². The molecule has 0 radical (unpaired) electrons. The van der Waals surface area contributed by atoms with Crippen molar-refractivity contribution in [3.05, 3.63) is 48.3 Å². The fourth-order valence-electron chi connectivity index (χ4n) is 3.32. The maximum Gasteiger partial charge on any atom is 0.249 e. The molecule has 1 aromatic carbocycles. The lowest BCUT2D eigenvalue weighted by atomic mass is 10.0. The lowest BCUT2D eigenvalue weighted by Crippen LogP contribution is -2.40. The van der Waals surface area contributed by atoms with Gasteiger partial charge in [0, 0.05) is 31.0 Å². The third-order valence-electron chi connectivity index (χ3n) is 4.55. The molecule has 4 rings (SSSR count). The normalized spacial score (nSPS) is 22.0. The van der Waals surface area contributed by atoms with E-state index >= 15 is 0 Å². The van der Waals surface area contributed by atoms with Gasteiger partial charge in [-0.2, -0.15) is 0 Å². The van der Waals surface area contributed by atoms with Crippen molar-refractivity contribution >= 4 is 5.91 Å². The molecule has 124 valence electrons. The number of hydrogen-bond donors (Lipinski definition) is 1. The molecule has 2 atom stereocenters. The Bertz CT molecular complexity index is 727. The van der Waals surface area contributed by atoms with Gasteiger partial charge in [0.05, 0.1) is 6.54 Å². The smallest absolute Gasteiger partial charge is 0.249 e. The number of hydrogen-bond acceptors (Lipinski definition) is 4. The predicted octanol–water partition coefficient (Wildman–Crippen LogP) is 2.35. The molecule has 1 aromatic heterocycles. The van der Waals surface area contributed by atoms with E-state index in [0.29, 0.717) is 13.2 Å². The zero-order valence-corrected chi connectivity index (χ0v) is 13.4. The van der Waals surface area contributed by atoms with E-state index in [1.54, 1.807) is 12.4 Å². The van der Waals surface area contributed by atoms with Crippen molar-refractivity contribution in [1.82, 2.24) is 10.3 Å². The molecular weight excluding hydrogens is 304 g/mol. The molecule has 2 unspecified atom stereocenters. The average molecular weight is 324 g/mol. The van der Waals surface area contributed by atoms with Gasteiger partial charge in [-0.25, -0.2) is 0 Å².